The minimum Gasteiger partial charge on any atom is -0.492 e. The van der Waals surface area contributed by atoms with Crippen LogP contribution in [-0.4, -0.2) is 25.7 Å². The van der Waals surface area contributed by atoms with E-state index in [4.69, 9.17) is 22.1 Å². The summed E-state index contributed by atoms with van der Waals surface area (Å²) in [7, 11) is 0.999. The highest BCUT2D eigenvalue weighted by molar-refractivity contribution is 6.32. The number of alkyl halides is 2. The zero-order valence-electron chi connectivity index (χ0n) is 11.9. The van der Waals surface area contributed by atoms with Gasteiger partial charge in [0.25, 0.3) is 5.92 Å². The molecule has 0 radical (unpaired) electrons. The highest BCUT2D eigenvalue weighted by Crippen LogP contribution is 2.36. The molecule has 21 heavy (non-hydrogen) atoms. The Labute approximate surface area is 127 Å². The van der Waals surface area contributed by atoms with Gasteiger partial charge in [-0.2, -0.15) is 8.78 Å². The number of hydrogen-bond donors (Lipinski definition) is 1. The molecule has 1 atom stereocenters. The summed E-state index contributed by atoms with van der Waals surface area (Å²) in [5.74, 6) is -4.64. The Bertz CT molecular complexity index is 497. The first-order valence-electron chi connectivity index (χ1n) is 6.48. The lowest BCUT2D eigenvalue weighted by atomic mass is 10.0. The Kier molecular flexibility index (Phi) is 6.36. The number of hydrogen-bond acceptors (Lipinski definition) is 4. The molecule has 4 nitrogen and oxygen atoms in total. The zero-order chi connectivity index (χ0) is 16.0. The second kappa shape index (κ2) is 7.56. The van der Waals surface area contributed by atoms with Gasteiger partial charge in [-0.05, 0) is 18.6 Å². The van der Waals surface area contributed by atoms with Gasteiger partial charge in [0.2, 0.25) is 0 Å². The minimum atomic E-state index is -3.58. The molecule has 1 aromatic carbocycles. The molecule has 0 saturated heterocycles. The first-order chi connectivity index (χ1) is 9.84. The quantitative estimate of drug-likeness (QED) is 0.619. The number of halogens is 3. The van der Waals surface area contributed by atoms with Crippen molar-refractivity contribution < 1.29 is 23.0 Å². The first kappa shape index (κ1) is 17.7. The molecule has 0 aliphatic heterocycles. The predicted octanol–water partition coefficient (Wildman–Crippen LogP) is 3.11. The topological polar surface area (TPSA) is 61.5 Å². The molecule has 0 fully saturated rings. The predicted molar refractivity (Wildman–Crippen MR) is 75.7 cm³/mol. The minimum absolute atomic E-state index is 0.138. The maximum atomic E-state index is 14.2. The van der Waals surface area contributed by atoms with Crippen LogP contribution in [0.25, 0.3) is 0 Å². The summed E-state index contributed by atoms with van der Waals surface area (Å²) in [5.41, 5.74) is 4.80. The van der Waals surface area contributed by atoms with Crippen molar-refractivity contribution >= 4 is 17.6 Å². The zero-order valence-corrected chi connectivity index (χ0v) is 12.6. The van der Waals surface area contributed by atoms with E-state index in [2.05, 4.69) is 4.74 Å². The average Bonchev–Trinajstić information content (AvgIpc) is 2.47. The van der Waals surface area contributed by atoms with Crippen molar-refractivity contribution in [1.82, 2.24) is 0 Å². The number of rotatable bonds is 7. The summed E-state index contributed by atoms with van der Waals surface area (Å²) in [6, 6.07) is 1.40. The molecule has 0 bridgehead atoms. The summed E-state index contributed by atoms with van der Waals surface area (Å²) in [4.78, 5) is 11.2. The van der Waals surface area contributed by atoms with Crippen LogP contribution in [-0.2, 0) is 15.5 Å². The molecule has 1 rings (SSSR count). The number of unbranched alkanes of at least 4 members (excludes halogenated alkanes) is 1. The van der Waals surface area contributed by atoms with E-state index in [1.165, 1.54) is 6.07 Å². The highest BCUT2D eigenvalue weighted by atomic mass is 35.5. The molecule has 0 spiro atoms. The van der Waals surface area contributed by atoms with E-state index in [0.717, 1.165) is 32.1 Å². The van der Waals surface area contributed by atoms with E-state index in [-0.39, 0.29) is 10.8 Å². The molecule has 0 amide bonds. The van der Waals surface area contributed by atoms with Crippen LogP contribution >= 0.6 is 11.6 Å². The third-order valence-electron chi connectivity index (χ3n) is 2.92. The fourth-order valence-corrected chi connectivity index (χ4v) is 1.77. The van der Waals surface area contributed by atoms with Crippen LogP contribution in [0.2, 0.25) is 5.02 Å². The molecular weight excluding hydrogens is 304 g/mol. The second-order valence-corrected chi connectivity index (χ2v) is 4.88. The molecule has 118 valence electrons. The van der Waals surface area contributed by atoms with Crippen LogP contribution in [0, 0.1) is 0 Å². The molecule has 0 aromatic heterocycles. The van der Waals surface area contributed by atoms with E-state index in [0.29, 0.717) is 6.61 Å². The van der Waals surface area contributed by atoms with Crippen molar-refractivity contribution in [3.05, 3.63) is 28.8 Å². The molecule has 0 saturated carbocycles. The van der Waals surface area contributed by atoms with Crippen molar-refractivity contribution in [2.45, 2.75) is 31.7 Å². The van der Waals surface area contributed by atoms with Gasteiger partial charge < -0.3 is 15.2 Å². The van der Waals surface area contributed by atoms with Crippen LogP contribution in [0.4, 0.5) is 8.78 Å². The van der Waals surface area contributed by atoms with Crippen LogP contribution in [0.1, 0.15) is 25.3 Å². The molecule has 1 aromatic rings. The number of ether oxygens (including phenoxy) is 2. The molecule has 0 aliphatic carbocycles. The van der Waals surface area contributed by atoms with E-state index in [1.54, 1.807) is 0 Å². The number of benzene rings is 1. The Morgan fingerprint density at radius 2 is 2.14 bits per heavy atom. The molecule has 1 unspecified atom stereocenters. The number of esters is 1. The van der Waals surface area contributed by atoms with Gasteiger partial charge in [-0.1, -0.05) is 31.0 Å². The van der Waals surface area contributed by atoms with Crippen molar-refractivity contribution in [2.24, 2.45) is 5.73 Å². The average molecular weight is 322 g/mol. The normalized spacial score (nSPS) is 12.9. The molecule has 0 aliphatic rings. The number of carbonyl (C=O) groups is 1. The number of methoxy groups -OCH3 is 1. The van der Waals surface area contributed by atoms with Gasteiger partial charge in [0.1, 0.15) is 5.75 Å². The summed E-state index contributed by atoms with van der Waals surface area (Å²) < 4.78 is 37.9. The smallest absolute Gasteiger partial charge is 0.329 e. The lowest BCUT2D eigenvalue weighted by Gasteiger charge is -2.22. The van der Waals surface area contributed by atoms with Gasteiger partial charge in [-0.15, -0.1) is 0 Å². The summed E-state index contributed by atoms with van der Waals surface area (Å²) in [6.07, 6.45) is 1.68. The Balaban J connectivity index is 3.01. The Hall–Kier alpha value is -1.40. The summed E-state index contributed by atoms with van der Waals surface area (Å²) in [5, 5.41) is 0.220. The maximum absolute atomic E-state index is 14.2. The van der Waals surface area contributed by atoms with Crippen molar-refractivity contribution in [1.29, 1.82) is 0 Å². The van der Waals surface area contributed by atoms with Gasteiger partial charge in [-0.3, -0.25) is 4.79 Å². The molecule has 7 heteroatoms. The standard InChI is InChI=1S/C14H18ClF2NO3/c1-3-4-7-21-11-8-9(5-6-10(11)15)14(16,17)12(18)13(19)20-2/h5-6,8,12H,3-4,7,18H2,1-2H3. The molecule has 2 N–H and O–H groups in total. The van der Waals surface area contributed by atoms with Crippen LogP contribution in [0.5, 0.6) is 5.75 Å². The Morgan fingerprint density at radius 1 is 1.48 bits per heavy atom. The van der Waals surface area contributed by atoms with Gasteiger partial charge in [0.05, 0.1) is 18.7 Å². The van der Waals surface area contributed by atoms with Crippen molar-refractivity contribution in [3.63, 3.8) is 0 Å². The lowest BCUT2D eigenvalue weighted by Crippen LogP contribution is -2.45. The van der Waals surface area contributed by atoms with Crippen molar-refractivity contribution in [2.75, 3.05) is 13.7 Å². The van der Waals surface area contributed by atoms with Crippen LogP contribution < -0.4 is 10.5 Å². The first-order valence-corrected chi connectivity index (χ1v) is 6.86. The summed E-state index contributed by atoms with van der Waals surface area (Å²) >= 11 is 5.90. The fourth-order valence-electron chi connectivity index (χ4n) is 1.60. The Morgan fingerprint density at radius 3 is 2.71 bits per heavy atom. The van der Waals surface area contributed by atoms with E-state index >= 15 is 0 Å². The SMILES string of the molecule is CCCCOc1cc(C(F)(F)C(N)C(=O)OC)ccc1Cl. The monoisotopic (exact) mass is 321 g/mol. The van der Waals surface area contributed by atoms with Crippen molar-refractivity contribution in [3.8, 4) is 5.75 Å². The summed E-state index contributed by atoms with van der Waals surface area (Å²) in [6.45, 7) is 2.35. The van der Waals surface area contributed by atoms with Gasteiger partial charge in [-0.25, -0.2) is 0 Å². The highest BCUT2D eigenvalue weighted by Gasteiger charge is 2.44. The molecular formula is C14H18ClF2NO3. The maximum Gasteiger partial charge on any atom is 0.329 e. The fraction of sp³-hybridized carbons (Fsp3) is 0.500. The lowest BCUT2D eigenvalue weighted by molar-refractivity contribution is -0.153. The number of nitrogens with two attached hydrogens (primary N) is 1. The second-order valence-electron chi connectivity index (χ2n) is 4.47. The number of carbonyl (C=O) groups excluding carboxylic acids is 1. The third-order valence-corrected chi connectivity index (χ3v) is 3.23. The van der Waals surface area contributed by atoms with E-state index in [1.807, 2.05) is 6.92 Å². The molecule has 0 heterocycles. The van der Waals surface area contributed by atoms with Gasteiger partial charge in [0.15, 0.2) is 6.04 Å². The third kappa shape index (κ3) is 4.28. The van der Waals surface area contributed by atoms with Gasteiger partial charge >= 0.3 is 5.97 Å². The van der Waals surface area contributed by atoms with Crippen LogP contribution in [0.3, 0.4) is 0 Å². The van der Waals surface area contributed by atoms with E-state index < -0.39 is 23.5 Å². The van der Waals surface area contributed by atoms with Gasteiger partial charge in [0, 0.05) is 5.56 Å². The van der Waals surface area contributed by atoms with Crippen LogP contribution in [0.15, 0.2) is 18.2 Å². The largest absolute Gasteiger partial charge is 0.492 e. The van der Waals surface area contributed by atoms with E-state index in [9.17, 15) is 13.6 Å².